The number of rotatable bonds is 8. The first-order valence-corrected chi connectivity index (χ1v) is 10.6. The second-order valence-electron chi connectivity index (χ2n) is 7.26. The Kier molecular flexibility index (Phi) is 7.38. The number of aliphatic hydroxyl groups is 1. The summed E-state index contributed by atoms with van der Waals surface area (Å²) in [5.41, 5.74) is 0.564. The Morgan fingerprint density at radius 1 is 1.00 bits per heavy atom. The summed E-state index contributed by atoms with van der Waals surface area (Å²) in [4.78, 5) is 27.6. The van der Waals surface area contributed by atoms with E-state index in [0.717, 1.165) is 0 Å². The van der Waals surface area contributed by atoms with E-state index in [1.807, 2.05) is 6.92 Å². The van der Waals surface area contributed by atoms with Gasteiger partial charge in [-0.2, -0.15) is 0 Å². The molecule has 0 saturated carbocycles. The monoisotopic (exact) mass is 475 g/mol. The Hall–Kier alpha value is -3.39. The molecule has 8 nitrogen and oxygen atoms in total. The number of Topliss-reactive ketones (excluding diaryl/α,β-unsaturated/α-hetero) is 1. The Morgan fingerprint density at radius 2 is 1.67 bits per heavy atom. The van der Waals surface area contributed by atoms with E-state index in [-0.39, 0.29) is 21.9 Å². The highest BCUT2D eigenvalue weighted by molar-refractivity contribution is 6.46. The van der Waals surface area contributed by atoms with Gasteiger partial charge in [0, 0.05) is 18.2 Å². The molecular weight excluding hydrogens is 450 g/mol. The van der Waals surface area contributed by atoms with Crippen LogP contribution in [-0.2, 0) is 9.59 Å². The number of halogens is 1. The fourth-order valence-corrected chi connectivity index (χ4v) is 4.23. The van der Waals surface area contributed by atoms with E-state index in [0.29, 0.717) is 35.8 Å². The van der Waals surface area contributed by atoms with Gasteiger partial charge in [-0.25, -0.2) is 0 Å². The molecular formula is C24H26ClNO7. The predicted molar refractivity (Wildman–Crippen MR) is 123 cm³/mol. The van der Waals surface area contributed by atoms with Crippen molar-refractivity contribution in [1.82, 2.24) is 4.90 Å². The average molecular weight is 476 g/mol. The van der Waals surface area contributed by atoms with Crippen molar-refractivity contribution < 1.29 is 33.6 Å². The summed E-state index contributed by atoms with van der Waals surface area (Å²) in [5.74, 6) is -0.588. The molecule has 176 valence electrons. The molecule has 9 heteroatoms. The lowest BCUT2D eigenvalue weighted by Crippen LogP contribution is -2.30. The molecule has 1 unspecified atom stereocenters. The highest BCUT2D eigenvalue weighted by Crippen LogP contribution is 2.47. The molecule has 1 aliphatic heterocycles. The molecule has 2 aromatic rings. The van der Waals surface area contributed by atoms with E-state index >= 15 is 0 Å². The third-order valence-electron chi connectivity index (χ3n) is 5.46. The van der Waals surface area contributed by atoms with Gasteiger partial charge in [0.2, 0.25) is 0 Å². The van der Waals surface area contributed by atoms with Crippen LogP contribution in [0.25, 0.3) is 5.76 Å². The van der Waals surface area contributed by atoms with Crippen molar-refractivity contribution in [3.63, 3.8) is 0 Å². The number of carbonyl (C=O) groups excluding carboxylic acids is 2. The molecule has 1 aliphatic rings. The molecule has 0 spiro atoms. The Balaban J connectivity index is 2.33. The maximum Gasteiger partial charge on any atom is 0.295 e. The molecule has 1 N–H and O–H groups in total. The van der Waals surface area contributed by atoms with Gasteiger partial charge in [-0.1, -0.05) is 30.7 Å². The largest absolute Gasteiger partial charge is 0.507 e. The van der Waals surface area contributed by atoms with Gasteiger partial charge in [-0.05, 0) is 18.6 Å². The number of benzene rings is 2. The van der Waals surface area contributed by atoms with Gasteiger partial charge in [-0.3, -0.25) is 9.59 Å². The van der Waals surface area contributed by atoms with Crippen LogP contribution in [0.1, 0.15) is 30.5 Å². The van der Waals surface area contributed by atoms with E-state index in [4.69, 9.17) is 30.5 Å². The number of ether oxygens (including phenoxy) is 4. The molecule has 33 heavy (non-hydrogen) atoms. The summed E-state index contributed by atoms with van der Waals surface area (Å²) in [5, 5.41) is 11.6. The van der Waals surface area contributed by atoms with Gasteiger partial charge < -0.3 is 29.0 Å². The van der Waals surface area contributed by atoms with Crippen LogP contribution in [0.5, 0.6) is 23.0 Å². The van der Waals surface area contributed by atoms with Crippen LogP contribution in [0.15, 0.2) is 35.9 Å². The minimum atomic E-state index is -0.902. The van der Waals surface area contributed by atoms with Gasteiger partial charge in [0.05, 0.1) is 50.6 Å². The number of ketones is 1. The van der Waals surface area contributed by atoms with E-state index < -0.39 is 23.5 Å². The topological polar surface area (TPSA) is 94.5 Å². The van der Waals surface area contributed by atoms with Crippen LogP contribution < -0.4 is 18.9 Å². The molecule has 1 saturated heterocycles. The SMILES string of the molecule is CCCN1C(=O)C(=O)/C(=C(/O)c2cc(Cl)c(OC)cc2OC)C1c1cccc(OC)c1OC. The summed E-state index contributed by atoms with van der Waals surface area (Å²) in [7, 11) is 5.83. The van der Waals surface area contributed by atoms with Crippen LogP contribution >= 0.6 is 11.6 Å². The number of hydrogen-bond donors (Lipinski definition) is 1. The third-order valence-corrected chi connectivity index (χ3v) is 5.76. The number of likely N-dealkylation sites (tertiary alicyclic amines) is 1. The first-order chi connectivity index (χ1) is 15.8. The first kappa shape index (κ1) is 24.3. The van der Waals surface area contributed by atoms with Crippen molar-refractivity contribution in [2.24, 2.45) is 0 Å². The molecule has 1 amide bonds. The van der Waals surface area contributed by atoms with Crippen LogP contribution in [0.4, 0.5) is 0 Å². The summed E-state index contributed by atoms with van der Waals surface area (Å²) < 4.78 is 21.6. The van der Waals surface area contributed by atoms with E-state index in [1.165, 1.54) is 45.5 Å². The normalized spacial score (nSPS) is 17.3. The lowest BCUT2D eigenvalue weighted by Gasteiger charge is -2.27. The zero-order chi connectivity index (χ0) is 24.3. The summed E-state index contributed by atoms with van der Waals surface area (Å²) in [6.45, 7) is 2.19. The molecule has 3 rings (SSSR count). The fourth-order valence-electron chi connectivity index (χ4n) is 3.99. The highest BCUT2D eigenvalue weighted by atomic mass is 35.5. The van der Waals surface area contributed by atoms with Gasteiger partial charge in [-0.15, -0.1) is 0 Å². The number of hydrogen-bond acceptors (Lipinski definition) is 7. The zero-order valence-electron chi connectivity index (χ0n) is 19.1. The predicted octanol–water partition coefficient (Wildman–Crippen LogP) is 4.21. The van der Waals surface area contributed by atoms with E-state index in [1.54, 1.807) is 18.2 Å². The maximum atomic E-state index is 13.2. The summed E-state index contributed by atoms with van der Waals surface area (Å²) in [6, 6.07) is 7.20. The van der Waals surface area contributed by atoms with Gasteiger partial charge in [0.1, 0.15) is 17.3 Å². The van der Waals surface area contributed by atoms with Crippen LogP contribution in [0.2, 0.25) is 5.02 Å². The summed E-state index contributed by atoms with van der Waals surface area (Å²) >= 11 is 6.28. The Labute approximate surface area is 197 Å². The van der Waals surface area contributed by atoms with Crippen molar-refractivity contribution in [3.8, 4) is 23.0 Å². The van der Waals surface area contributed by atoms with Crippen molar-refractivity contribution >= 4 is 29.1 Å². The number of carbonyl (C=O) groups is 2. The highest BCUT2D eigenvalue weighted by Gasteiger charge is 2.47. The van der Waals surface area contributed by atoms with Crippen molar-refractivity contribution in [2.45, 2.75) is 19.4 Å². The lowest BCUT2D eigenvalue weighted by molar-refractivity contribution is -0.139. The molecule has 2 aromatic carbocycles. The zero-order valence-corrected chi connectivity index (χ0v) is 19.9. The number of amides is 1. The van der Waals surface area contributed by atoms with E-state index in [9.17, 15) is 14.7 Å². The van der Waals surface area contributed by atoms with Gasteiger partial charge in [0.15, 0.2) is 11.5 Å². The number of nitrogens with zero attached hydrogens (tertiary/aromatic N) is 1. The molecule has 1 fully saturated rings. The smallest absolute Gasteiger partial charge is 0.295 e. The van der Waals surface area contributed by atoms with Crippen LogP contribution in [-0.4, -0.2) is 56.7 Å². The Bertz CT molecular complexity index is 1110. The van der Waals surface area contributed by atoms with Gasteiger partial charge >= 0.3 is 0 Å². The number of methoxy groups -OCH3 is 4. The Morgan fingerprint density at radius 3 is 2.24 bits per heavy atom. The number of aliphatic hydroxyl groups excluding tert-OH is 1. The molecule has 0 aliphatic carbocycles. The molecule has 1 heterocycles. The fraction of sp³-hybridized carbons (Fsp3) is 0.333. The molecule has 0 aromatic heterocycles. The van der Waals surface area contributed by atoms with Crippen LogP contribution in [0, 0.1) is 0 Å². The molecule has 0 radical (unpaired) electrons. The average Bonchev–Trinajstić information content (AvgIpc) is 3.07. The molecule has 1 atom stereocenters. The molecule has 0 bridgehead atoms. The van der Waals surface area contributed by atoms with Crippen molar-refractivity contribution in [1.29, 1.82) is 0 Å². The third kappa shape index (κ3) is 4.18. The standard InChI is InChI=1S/C24H26ClNO7/c1-6-10-26-20(13-8-7-9-16(30-2)23(13)33-5)19(22(28)24(26)29)21(27)14-11-15(25)18(32-4)12-17(14)31-3/h7-9,11-12,20,27H,6,10H2,1-5H3/b21-19+. The maximum absolute atomic E-state index is 13.2. The quantitative estimate of drug-likeness (QED) is 0.347. The van der Waals surface area contributed by atoms with E-state index in [2.05, 4.69) is 0 Å². The second-order valence-corrected chi connectivity index (χ2v) is 7.67. The van der Waals surface area contributed by atoms with Gasteiger partial charge in [0.25, 0.3) is 11.7 Å². The summed E-state index contributed by atoms with van der Waals surface area (Å²) in [6.07, 6.45) is 0.605. The van der Waals surface area contributed by atoms with Crippen LogP contribution in [0.3, 0.4) is 0 Å². The first-order valence-electron chi connectivity index (χ1n) is 10.3. The van der Waals surface area contributed by atoms with Crippen molar-refractivity contribution in [3.05, 3.63) is 52.1 Å². The lowest BCUT2D eigenvalue weighted by atomic mass is 9.94. The second kappa shape index (κ2) is 10.0. The minimum Gasteiger partial charge on any atom is -0.507 e. The minimum absolute atomic E-state index is 0.0977. The number of para-hydroxylation sites is 1. The van der Waals surface area contributed by atoms with Crippen molar-refractivity contribution in [2.75, 3.05) is 35.0 Å².